The van der Waals surface area contributed by atoms with Crippen molar-refractivity contribution in [2.45, 2.75) is 59.4 Å². The molecule has 1 aliphatic rings. The summed E-state index contributed by atoms with van der Waals surface area (Å²) in [7, 11) is 0. The largest absolute Gasteiger partial charge is 0.379 e. The predicted octanol–water partition coefficient (Wildman–Crippen LogP) is 1.92. The summed E-state index contributed by atoms with van der Waals surface area (Å²) < 4.78 is 7.54. The highest BCUT2D eigenvalue weighted by atomic mass is 16.5. The van der Waals surface area contributed by atoms with Crippen molar-refractivity contribution in [1.82, 2.24) is 30.3 Å². The van der Waals surface area contributed by atoms with Gasteiger partial charge in [-0.1, -0.05) is 40.0 Å². The summed E-state index contributed by atoms with van der Waals surface area (Å²) in [5, 5.41) is 15.2. The van der Waals surface area contributed by atoms with Crippen molar-refractivity contribution in [3.05, 3.63) is 12.2 Å². The molecule has 2 heterocycles. The Kier molecular flexibility index (Phi) is 11.7. The van der Waals surface area contributed by atoms with Crippen LogP contribution in [0.25, 0.3) is 0 Å². The molecule has 1 unspecified atom stereocenters. The van der Waals surface area contributed by atoms with Gasteiger partial charge in [0, 0.05) is 52.2 Å². The van der Waals surface area contributed by atoms with Gasteiger partial charge in [-0.25, -0.2) is 0 Å². The molecule has 0 amide bonds. The molecule has 0 aliphatic carbocycles. The Morgan fingerprint density at radius 3 is 2.62 bits per heavy atom. The Hall–Kier alpha value is -1.67. The average molecular weight is 408 g/mol. The van der Waals surface area contributed by atoms with Gasteiger partial charge in [-0.2, -0.15) is 0 Å². The number of morpholine rings is 1. The summed E-state index contributed by atoms with van der Waals surface area (Å²) in [6.07, 6.45) is 7.69. The molecular weight excluding hydrogens is 366 g/mol. The number of aryl methyl sites for hydroxylation is 1. The molecule has 1 fully saturated rings. The van der Waals surface area contributed by atoms with Gasteiger partial charge in [0.25, 0.3) is 0 Å². The highest BCUT2D eigenvalue weighted by Crippen LogP contribution is 2.12. The maximum Gasteiger partial charge on any atom is 0.191 e. The normalized spacial score (nSPS) is 16.7. The first-order valence-electron chi connectivity index (χ1n) is 11.5. The van der Waals surface area contributed by atoms with E-state index < -0.39 is 0 Å². The molecule has 0 bridgehead atoms. The van der Waals surface area contributed by atoms with Crippen LogP contribution < -0.4 is 10.6 Å². The van der Waals surface area contributed by atoms with Gasteiger partial charge in [0.2, 0.25) is 0 Å². The van der Waals surface area contributed by atoms with E-state index in [-0.39, 0.29) is 0 Å². The number of nitrogens with one attached hydrogen (secondary N) is 2. The molecule has 8 nitrogen and oxygen atoms in total. The van der Waals surface area contributed by atoms with Gasteiger partial charge in [-0.15, -0.1) is 10.2 Å². The van der Waals surface area contributed by atoms with Gasteiger partial charge in [0.1, 0.15) is 12.2 Å². The van der Waals surface area contributed by atoms with Crippen LogP contribution in [0.15, 0.2) is 11.3 Å². The van der Waals surface area contributed by atoms with Crippen molar-refractivity contribution in [1.29, 1.82) is 0 Å². The van der Waals surface area contributed by atoms with Crippen LogP contribution in [0.5, 0.6) is 0 Å². The molecule has 1 atom stereocenters. The van der Waals surface area contributed by atoms with Crippen LogP contribution in [0, 0.1) is 5.92 Å². The summed E-state index contributed by atoms with van der Waals surface area (Å²) >= 11 is 0. The van der Waals surface area contributed by atoms with E-state index in [9.17, 15) is 0 Å². The van der Waals surface area contributed by atoms with E-state index in [0.29, 0.717) is 5.92 Å². The van der Waals surface area contributed by atoms with E-state index in [4.69, 9.17) is 9.73 Å². The molecule has 1 aliphatic heterocycles. The summed E-state index contributed by atoms with van der Waals surface area (Å²) in [6.45, 7) is 14.8. The van der Waals surface area contributed by atoms with E-state index in [1.807, 2.05) is 0 Å². The molecule has 1 saturated heterocycles. The zero-order valence-corrected chi connectivity index (χ0v) is 18.7. The third-order valence-corrected chi connectivity index (χ3v) is 5.53. The molecule has 2 N–H and O–H groups in total. The highest BCUT2D eigenvalue weighted by molar-refractivity contribution is 5.79. The number of hydrogen-bond donors (Lipinski definition) is 2. The number of aromatic nitrogens is 3. The second kappa shape index (κ2) is 14.3. The van der Waals surface area contributed by atoms with E-state index in [1.165, 1.54) is 25.7 Å². The molecule has 0 aromatic carbocycles. The van der Waals surface area contributed by atoms with Crippen LogP contribution in [0.3, 0.4) is 0 Å². The molecule has 0 radical (unpaired) electrons. The lowest BCUT2D eigenvalue weighted by atomic mass is 10.00. The van der Waals surface area contributed by atoms with E-state index in [2.05, 4.69) is 51.1 Å². The van der Waals surface area contributed by atoms with Crippen LogP contribution in [0.2, 0.25) is 0 Å². The molecule has 8 heteroatoms. The summed E-state index contributed by atoms with van der Waals surface area (Å²) in [5.41, 5.74) is 0. The molecule has 1 aromatic heterocycles. The number of nitrogens with zero attached hydrogens (tertiary/aromatic N) is 5. The lowest BCUT2D eigenvalue weighted by molar-refractivity contribution is 0.0389. The van der Waals surface area contributed by atoms with E-state index in [1.54, 1.807) is 6.33 Å². The number of ether oxygens (including phenoxy) is 1. The molecule has 29 heavy (non-hydrogen) atoms. The minimum absolute atomic E-state index is 0.664. The van der Waals surface area contributed by atoms with E-state index in [0.717, 1.165) is 77.2 Å². The minimum atomic E-state index is 0.664. The zero-order chi connectivity index (χ0) is 20.7. The summed E-state index contributed by atoms with van der Waals surface area (Å²) in [5.74, 6) is 2.60. The van der Waals surface area contributed by atoms with Crippen molar-refractivity contribution < 1.29 is 4.74 Å². The number of unbranched alkanes of at least 4 members (excludes halogenated alkanes) is 1. The molecule has 0 spiro atoms. The number of aliphatic imine (C=N–C) groups is 1. The van der Waals surface area contributed by atoms with E-state index >= 15 is 0 Å². The second-order valence-corrected chi connectivity index (χ2v) is 7.71. The SMILES string of the molecule is CCCCC(CC)CN=C(NCCN1CCOCC1)NCCn1cnnc1CC. The zero-order valence-electron chi connectivity index (χ0n) is 18.7. The second-order valence-electron chi connectivity index (χ2n) is 7.71. The average Bonchev–Trinajstić information content (AvgIpc) is 3.21. The first-order chi connectivity index (χ1) is 14.3. The highest BCUT2D eigenvalue weighted by Gasteiger charge is 2.11. The van der Waals surface area contributed by atoms with Crippen molar-refractivity contribution in [2.24, 2.45) is 10.9 Å². The molecule has 0 saturated carbocycles. The first kappa shape index (κ1) is 23.6. The summed E-state index contributed by atoms with van der Waals surface area (Å²) in [4.78, 5) is 7.34. The van der Waals surface area contributed by atoms with Crippen molar-refractivity contribution in [3.8, 4) is 0 Å². The van der Waals surface area contributed by atoms with Crippen LogP contribution in [0.1, 0.15) is 52.3 Å². The van der Waals surface area contributed by atoms with Gasteiger partial charge in [0.05, 0.1) is 13.2 Å². The third-order valence-electron chi connectivity index (χ3n) is 5.53. The van der Waals surface area contributed by atoms with Crippen LogP contribution in [-0.4, -0.2) is 78.1 Å². The Morgan fingerprint density at radius 1 is 1.17 bits per heavy atom. The van der Waals surface area contributed by atoms with Gasteiger partial charge in [0.15, 0.2) is 5.96 Å². The monoisotopic (exact) mass is 407 g/mol. The van der Waals surface area contributed by atoms with Gasteiger partial charge in [-0.3, -0.25) is 9.89 Å². The molecule has 1 aromatic rings. The maximum atomic E-state index is 5.43. The Bertz CT molecular complexity index is 569. The third kappa shape index (κ3) is 9.12. The minimum Gasteiger partial charge on any atom is -0.379 e. The van der Waals surface area contributed by atoms with Crippen LogP contribution in [-0.2, 0) is 17.7 Å². The standard InChI is InChI=1S/C21H41N7O/c1-4-7-8-19(5-2)17-24-21(22-9-11-27-13-15-29-16-14-27)23-10-12-28-18-25-26-20(28)6-3/h18-19H,4-17H2,1-3H3,(H2,22,23,24). The van der Waals surface area contributed by atoms with Crippen molar-refractivity contribution in [2.75, 3.05) is 52.5 Å². The number of guanidine groups is 1. The Labute approximate surface area is 176 Å². The maximum absolute atomic E-state index is 5.43. The first-order valence-corrected chi connectivity index (χ1v) is 11.5. The quantitative estimate of drug-likeness (QED) is 0.384. The number of rotatable bonds is 13. The lowest BCUT2D eigenvalue weighted by Gasteiger charge is -2.26. The smallest absolute Gasteiger partial charge is 0.191 e. The Morgan fingerprint density at radius 2 is 1.93 bits per heavy atom. The lowest BCUT2D eigenvalue weighted by Crippen LogP contribution is -2.45. The fourth-order valence-electron chi connectivity index (χ4n) is 3.50. The molecule has 166 valence electrons. The van der Waals surface area contributed by atoms with Crippen LogP contribution in [0.4, 0.5) is 0 Å². The number of hydrogen-bond acceptors (Lipinski definition) is 5. The topological polar surface area (TPSA) is 79.6 Å². The van der Waals surface area contributed by atoms with Crippen LogP contribution >= 0.6 is 0 Å². The predicted molar refractivity (Wildman–Crippen MR) is 118 cm³/mol. The fraction of sp³-hybridized carbons (Fsp3) is 0.857. The Balaban J connectivity index is 1.83. The van der Waals surface area contributed by atoms with Gasteiger partial charge in [-0.05, 0) is 12.3 Å². The van der Waals surface area contributed by atoms with Crippen molar-refractivity contribution >= 4 is 5.96 Å². The van der Waals surface area contributed by atoms with Crippen molar-refractivity contribution in [3.63, 3.8) is 0 Å². The van der Waals surface area contributed by atoms with Gasteiger partial charge < -0.3 is 19.9 Å². The molecule has 2 rings (SSSR count). The molecular formula is C21H41N7O. The summed E-state index contributed by atoms with van der Waals surface area (Å²) in [6, 6.07) is 0. The van der Waals surface area contributed by atoms with Gasteiger partial charge >= 0.3 is 0 Å². The fourth-order valence-corrected chi connectivity index (χ4v) is 3.50.